The first-order valence-corrected chi connectivity index (χ1v) is 7.15. The lowest BCUT2D eigenvalue weighted by molar-refractivity contribution is 0.0683. The molecule has 0 radical (unpaired) electrons. The van der Waals surface area contributed by atoms with E-state index in [4.69, 9.17) is 0 Å². The van der Waals surface area contributed by atoms with Crippen LogP contribution in [0.15, 0.2) is 10.9 Å². The highest BCUT2D eigenvalue weighted by atomic mass is 32.1. The van der Waals surface area contributed by atoms with Crippen molar-refractivity contribution < 1.29 is 9.90 Å². The van der Waals surface area contributed by atoms with E-state index < -0.39 is 5.97 Å². The predicted octanol–water partition coefficient (Wildman–Crippen LogP) is 3.18. The minimum atomic E-state index is -1.04. The molecule has 19 heavy (non-hydrogen) atoms. The molecule has 5 heteroatoms. The molecule has 0 spiro atoms. The maximum Gasteiger partial charge on any atom is 0.352 e. The quantitative estimate of drug-likeness (QED) is 0.935. The molecule has 0 aromatic carbocycles. The van der Waals surface area contributed by atoms with Crippen LogP contribution in [0.2, 0.25) is 0 Å². The number of fused-ring (bicyclic) bond motifs is 1. The van der Waals surface area contributed by atoms with Gasteiger partial charge in [-0.1, -0.05) is 13.3 Å². The van der Waals surface area contributed by atoms with Crippen molar-refractivity contribution in [3.63, 3.8) is 0 Å². The van der Waals surface area contributed by atoms with Crippen LogP contribution in [0.4, 0.5) is 0 Å². The summed E-state index contributed by atoms with van der Waals surface area (Å²) in [5, 5.41) is 9.94. The monoisotopic (exact) mass is 279 g/mol. The second kappa shape index (κ2) is 5.17. The van der Waals surface area contributed by atoms with Crippen molar-refractivity contribution in [2.45, 2.75) is 40.2 Å². The van der Waals surface area contributed by atoms with Crippen molar-refractivity contribution in [3.8, 4) is 0 Å². The molecular weight excluding hydrogens is 262 g/mol. The minimum absolute atomic E-state index is 0.0900. The zero-order chi connectivity index (χ0) is 14.2. The molecule has 0 aliphatic carbocycles. The topological polar surface area (TPSA) is 59.3 Å². The van der Waals surface area contributed by atoms with Crippen LogP contribution in [-0.4, -0.2) is 15.6 Å². The van der Waals surface area contributed by atoms with E-state index in [1.807, 2.05) is 20.8 Å². The molecule has 0 aliphatic rings. The molecule has 102 valence electrons. The average Bonchev–Trinajstić information content (AvgIpc) is 2.64. The molecule has 4 nitrogen and oxygen atoms in total. The lowest BCUT2D eigenvalue weighted by Gasteiger charge is -2.09. The van der Waals surface area contributed by atoms with Crippen LogP contribution >= 0.6 is 11.3 Å². The van der Waals surface area contributed by atoms with Gasteiger partial charge in [-0.15, -0.1) is 11.3 Å². The Morgan fingerprint density at radius 2 is 2.11 bits per heavy atom. The number of aromatic nitrogens is 1. The van der Waals surface area contributed by atoms with Gasteiger partial charge >= 0.3 is 5.97 Å². The van der Waals surface area contributed by atoms with E-state index >= 15 is 0 Å². The normalized spacial score (nSPS) is 11.1. The molecule has 0 aliphatic heterocycles. The number of carbonyl (C=O) groups is 1. The van der Waals surface area contributed by atoms with Crippen LogP contribution < -0.4 is 5.56 Å². The van der Waals surface area contributed by atoms with Gasteiger partial charge in [0.05, 0.1) is 5.39 Å². The van der Waals surface area contributed by atoms with Gasteiger partial charge in [-0.2, -0.15) is 0 Å². The number of unbranched alkanes of at least 4 members (excludes halogenated alkanes) is 1. The highest BCUT2D eigenvalue weighted by Gasteiger charge is 2.17. The summed E-state index contributed by atoms with van der Waals surface area (Å²) in [6, 6.07) is 1.62. The maximum absolute atomic E-state index is 12.5. The summed E-state index contributed by atoms with van der Waals surface area (Å²) < 4.78 is 2.16. The van der Waals surface area contributed by atoms with Gasteiger partial charge in [0, 0.05) is 16.1 Å². The van der Waals surface area contributed by atoms with Crippen LogP contribution in [0.5, 0.6) is 0 Å². The van der Waals surface area contributed by atoms with Crippen LogP contribution in [0.25, 0.3) is 10.1 Å². The highest BCUT2D eigenvalue weighted by Crippen LogP contribution is 2.28. The Labute approximate surface area is 115 Å². The van der Waals surface area contributed by atoms with E-state index in [1.54, 1.807) is 6.07 Å². The van der Waals surface area contributed by atoms with Crippen LogP contribution in [-0.2, 0) is 6.54 Å². The van der Waals surface area contributed by atoms with E-state index in [0.29, 0.717) is 11.9 Å². The fourth-order valence-electron chi connectivity index (χ4n) is 2.18. The van der Waals surface area contributed by atoms with Gasteiger partial charge in [0.1, 0.15) is 5.69 Å². The molecule has 0 saturated carbocycles. The molecule has 0 fully saturated rings. The number of carboxylic acids is 1. The Bertz CT molecular complexity index is 697. The van der Waals surface area contributed by atoms with Crippen molar-refractivity contribution in [3.05, 3.63) is 32.6 Å². The zero-order valence-electron chi connectivity index (χ0n) is 11.3. The van der Waals surface area contributed by atoms with Gasteiger partial charge in [0.15, 0.2) is 0 Å². The molecule has 0 atom stereocenters. The molecule has 0 bridgehead atoms. The molecule has 1 N–H and O–H groups in total. The van der Waals surface area contributed by atoms with Crippen LogP contribution in [0.1, 0.15) is 40.7 Å². The molecule has 2 rings (SSSR count). The minimum Gasteiger partial charge on any atom is -0.477 e. The summed E-state index contributed by atoms with van der Waals surface area (Å²) in [7, 11) is 0. The summed E-state index contributed by atoms with van der Waals surface area (Å²) in [6.45, 7) is 6.35. The third-order valence-electron chi connectivity index (χ3n) is 3.38. The van der Waals surface area contributed by atoms with Gasteiger partial charge in [0.25, 0.3) is 5.56 Å². The summed E-state index contributed by atoms with van der Waals surface area (Å²) in [5.74, 6) is -1.04. The van der Waals surface area contributed by atoms with Gasteiger partial charge in [0.2, 0.25) is 0 Å². The SMILES string of the molecule is CCCCn1c(C(=O)O)cc2sc(C)c(C)c2c1=O. The Morgan fingerprint density at radius 3 is 2.68 bits per heavy atom. The second-order valence-electron chi connectivity index (χ2n) is 4.67. The number of rotatable bonds is 4. The van der Waals surface area contributed by atoms with Gasteiger partial charge < -0.3 is 9.67 Å². The van der Waals surface area contributed by atoms with Crippen LogP contribution in [0, 0.1) is 13.8 Å². The van der Waals surface area contributed by atoms with Crippen molar-refractivity contribution in [2.75, 3.05) is 0 Å². The fraction of sp³-hybridized carbons (Fsp3) is 0.429. The molecule has 0 unspecified atom stereocenters. The third-order valence-corrected chi connectivity index (χ3v) is 4.54. The molecular formula is C14H17NO3S. The molecule has 0 amide bonds. The fourth-order valence-corrected chi connectivity index (χ4v) is 3.28. The first kappa shape index (κ1) is 13.8. The van der Waals surface area contributed by atoms with Crippen molar-refractivity contribution >= 4 is 27.4 Å². The molecule has 2 heterocycles. The van der Waals surface area contributed by atoms with Gasteiger partial charge in [-0.25, -0.2) is 4.79 Å². The number of thiophene rings is 1. The summed E-state index contributed by atoms with van der Waals surface area (Å²) in [6.07, 6.45) is 1.72. The summed E-state index contributed by atoms with van der Waals surface area (Å²) >= 11 is 1.48. The smallest absolute Gasteiger partial charge is 0.352 e. The lowest BCUT2D eigenvalue weighted by atomic mass is 10.1. The third kappa shape index (κ3) is 2.30. The average molecular weight is 279 g/mol. The molecule has 0 saturated heterocycles. The zero-order valence-corrected chi connectivity index (χ0v) is 12.1. The van der Waals surface area contributed by atoms with Crippen molar-refractivity contribution in [2.24, 2.45) is 0 Å². The standard InChI is InChI=1S/C14H17NO3S/c1-4-5-6-15-10(14(17)18)7-11-12(13(15)16)8(2)9(3)19-11/h7H,4-6H2,1-3H3,(H,17,18). The predicted molar refractivity (Wildman–Crippen MR) is 77.4 cm³/mol. The van der Waals surface area contributed by atoms with E-state index in [2.05, 4.69) is 0 Å². The summed E-state index contributed by atoms with van der Waals surface area (Å²) in [4.78, 5) is 24.9. The number of hydrogen-bond donors (Lipinski definition) is 1. The Kier molecular flexibility index (Phi) is 3.75. The van der Waals surface area contributed by atoms with E-state index in [0.717, 1.165) is 28.0 Å². The number of nitrogens with zero attached hydrogens (tertiary/aromatic N) is 1. The highest BCUT2D eigenvalue weighted by molar-refractivity contribution is 7.19. The molecule has 2 aromatic rings. The maximum atomic E-state index is 12.5. The van der Waals surface area contributed by atoms with Gasteiger partial charge in [-0.05, 0) is 31.9 Å². The molecule has 2 aromatic heterocycles. The number of aryl methyl sites for hydroxylation is 2. The number of pyridine rings is 1. The Morgan fingerprint density at radius 1 is 1.42 bits per heavy atom. The van der Waals surface area contributed by atoms with E-state index in [9.17, 15) is 14.7 Å². The second-order valence-corrected chi connectivity index (χ2v) is 5.92. The largest absolute Gasteiger partial charge is 0.477 e. The first-order valence-electron chi connectivity index (χ1n) is 6.34. The van der Waals surface area contributed by atoms with Crippen LogP contribution in [0.3, 0.4) is 0 Å². The summed E-state index contributed by atoms with van der Waals surface area (Å²) in [5.41, 5.74) is 0.879. The Hall–Kier alpha value is -1.62. The van der Waals surface area contributed by atoms with E-state index in [1.165, 1.54) is 15.9 Å². The van der Waals surface area contributed by atoms with E-state index in [-0.39, 0.29) is 11.3 Å². The first-order chi connectivity index (χ1) is 8.97. The number of carboxylic acid groups (broad SMARTS) is 1. The van der Waals surface area contributed by atoms with Crippen molar-refractivity contribution in [1.29, 1.82) is 0 Å². The lowest BCUT2D eigenvalue weighted by Crippen LogP contribution is -2.26. The van der Waals surface area contributed by atoms with Gasteiger partial charge in [-0.3, -0.25) is 4.79 Å². The number of hydrogen-bond acceptors (Lipinski definition) is 3. The van der Waals surface area contributed by atoms with Crippen molar-refractivity contribution in [1.82, 2.24) is 4.57 Å². The number of aromatic carboxylic acids is 1. The Balaban J connectivity index is 2.78.